The molecule has 0 saturated carbocycles. The molecular weight excluding hydrogens is 483 g/mol. The number of anilines is 1. The minimum atomic E-state index is -0.519. The van der Waals surface area contributed by atoms with Crippen LogP contribution in [0.5, 0.6) is 0 Å². The predicted molar refractivity (Wildman–Crippen MR) is 128 cm³/mol. The Morgan fingerprint density at radius 1 is 1.18 bits per heavy atom. The molecule has 0 amide bonds. The number of methoxy groups -OCH3 is 2. The van der Waals surface area contributed by atoms with E-state index < -0.39 is 12.0 Å². The van der Waals surface area contributed by atoms with Crippen molar-refractivity contribution in [3.8, 4) is 5.69 Å². The third kappa shape index (κ3) is 4.82. The van der Waals surface area contributed by atoms with Crippen LogP contribution in [0.1, 0.15) is 19.3 Å². The van der Waals surface area contributed by atoms with Crippen LogP contribution < -0.4 is 4.90 Å². The molecule has 2 atom stereocenters. The van der Waals surface area contributed by atoms with Crippen LogP contribution in [0.15, 0.2) is 36.9 Å². The molecular formula is C23H24Cl2N4O5. The summed E-state index contributed by atoms with van der Waals surface area (Å²) in [5, 5.41) is 1.51. The van der Waals surface area contributed by atoms with Crippen molar-refractivity contribution in [1.29, 1.82) is 0 Å². The number of rotatable bonds is 8. The second-order valence-corrected chi connectivity index (χ2v) is 8.61. The van der Waals surface area contributed by atoms with E-state index in [1.54, 1.807) is 18.6 Å². The Kier molecular flexibility index (Phi) is 7.55. The van der Waals surface area contributed by atoms with E-state index >= 15 is 0 Å². The number of nitrogens with zero attached hydrogens (tertiary/aromatic N) is 4. The van der Waals surface area contributed by atoms with Gasteiger partial charge in [0.25, 0.3) is 0 Å². The van der Waals surface area contributed by atoms with Crippen LogP contribution in [0.4, 0.5) is 5.82 Å². The van der Waals surface area contributed by atoms with E-state index in [1.807, 2.05) is 27.8 Å². The van der Waals surface area contributed by atoms with Gasteiger partial charge in [-0.05, 0) is 31.4 Å². The van der Waals surface area contributed by atoms with E-state index in [0.29, 0.717) is 40.8 Å². The molecule has 11 heteroatoms. The highest BCUT2D eigenvalue weighted by Crippen LogP contribution is 2.38. The molecule has 1 aliphatic heterocycles. The van der Waals surface area contributed by atoms with E-state index in [4.69, 9.17) is 37.7 Å². The van der Waals surface area contributed by atoms with Gasteiger partial charge in [0.1, 0.15) is 18.5 Å². The molecule has 0 radical (unpaired) electrons. The normalized spacial score (nSPS) is 17.8. The third-order valence-electron chi connectivity index (χ3n) is 5.90. The van der Waals surface area contributed by atoms with Gasteiger partial charge in [0.2, 0.25) is 0 Å². The number of halogens is 2. The van der Waals surface area contributed by atoms with Gasteiger partial charge in [0, 0.05) is 36.5 Å². The monoisotopic (exact) mass is 506 g/mol. The lowest BCUT2D eigenvalue weighted by atomic mass is 10.1. The van der Waals surface area contributed by atoms with Crippen LogP contribution in [0.2, 0.25) is 10.0 Å². The molecule has 3 aromatic rings. The van der Waals surface area contributed by atoms with Crippen molar-refractivity contribution in [2.24, 2.45) is 0 Å². The molecule has 1 aromatic carbocycles. The fraction of sp³-hybridized carbons (Fsp3) is 0.391. The number of pyridine rings is 1. The number of imidazole rings is 1. The molecule has 0 spiro atoms. The largest absolute Gasteiger partial charge is 0.467 e. The van der Waals surface area contributed by atoms with Crippen LogP contribution in [0, 0.1) is 0 Å². The second-order valence-electron chi connectivity index (χ2n) is 7.82. The Bertz CT molecular complexity index is 1190. The summed E-state index contributed by atoms with van der Waals surface area (Å²) < 4.78 is 17.0. The number of carbonyl (C=O) groups excluding carboxylic acids is 2. The summed E-state index contributed by atoms with van der Waals surface area (Å²) in [7, 11) is 2.68. The van der Waals surface area contributed by atoms with Crippen LogP contribution >= 0.6 is 23.2 Å². The number of carbonyl (C=O) groups is 2. The topological polar surface area (TPSA) is 95.8 Å². The lowest BCUT2D eigenvalue weighted by Gasteiger charge is -2.31. The first kappa shape index (κ1) is 24.3. The van der Waals surface area contributed by atoms with E-state index in [2.05, 4.69) is 9.72 Å². The maximum Gasteiger partial charge on any atom is 0.331 e. The maximum atomic E-state index is 12.7. The molecule has 1 saturated heterocycles. The molecule has 0 unspecified atom stereocenters. The van der Waals surface area contributed by atoms with E-state index in [1.165, 1.54) is 14.2 Å². The molecule has 4 rings (SSSR count). The minimum absolute atomic E-state index is 0.0692. The summed E-state index contributed by atoms with van der Waals surface area (Å²) in [6, 6.07) is 4.89. The molecule has 1 aliphatic rings. The van der Waals surface area contributed by atoms with Crippen molar-refractivity contribution < 1.29 is 23.8 Å². The lowest BCUT2D eigenvalue weighted by molar-refractivity contribution is -0.146. The van der Waals surface area contributed by atoms with Crippen LogP contribution in [0.3, 0.4) is 0 Å². The number of ether oxygens (including phenoxy) is 3. The Balaban J connectivity index is 1.75. The van der Waals surface area contributed by atoms with Crippen molar-refractivity contribution in [3.63, 3.8) is 0 Å². The quantitative estimate of drug-likeness (QED) is 0.336. The standard InChI is InChI=1S/C23H24Cl2N4O5/c1-32-20(30)12-34-10-7-14-3-6-17(23(31)33-2)29(14)19-11-18(28-9-8-26-13-28)15-4-5-16(24)21(25)22(15)27-19/h4-5,8-9,11,13-14,17H,3,6-7,10,12H2,1-2H3/t14-,17-/m0/s1. The molecule has 2 aromatic heterocycles. The first-order valence-corrected chi connectivity index (χ1v) is 11.5. The zero-order valence-electron chi connectivity index (χ0n) is 18.7. The molecule has 1 fully saturated rings. The van der Waals surface area contributed by atoms with Gasteiger partial charge in [-0.3, -0.25) is 0 Å². The molecule has 9 nitrogen and oxygen atoms in total. The first-order valence-electron chi connectivity index (χ1n) is 10.7. The lowest BCUT2D eigenvalue weighted by Crippen LogP contribution is -2.42. The highest BCUT2D eigenvalue weighted by Gasteiger charge is 2.39. The van der Waals surface area contributed by atoms with Crippen molar-refractivity contribution in [3.05, 3.63) is 47.0 Å². The summed E-state index contributed by atoms with van der Waals surface area (Å²) in [6.07, 6.45) is 7.08. The van der Waals surface area contributed by atoms with Crippen molar-refractivity contribution in [2.45, 2.75) is 31.3 Å². The number of hydrogen-bond acceptors (Lipinski definition) is 8. The Labute approximate surface area is 206 Å². The van der Waals surface area contributed by atoms with Gasteiger partial charge >= 0.3 is 11.9 Å². The summed E-state index contributed by atoms with van der Waals surface area (Å²) in [6.45, 7) is 0.190. The van der Waals surface area contributed by atoms with Crippen LogP contribution in [0.25, 0.3) is 16.6 Å². The fourth-order valence-corrected chi connectivity index (χ4v) is 4.62. The average molecular weight is 507 g/mol. The van der Waals surface area contributed by atoms with Gasteiger partial charge in [0.15, 0.2) is 0 Å². The third-order valence-corrected chi connectivity index (χ3v) is 6.70. The summed E-state index contributed by atoms with van der Waals surface area (Å²) in [4.78, 5) is 34.9. The molecule has 0 N–H and O–H groups in total. The van der Waals surface area contributed by atoms with Gasteiger partial charge in [0.05, 0.1) is 41.8 Å². The second kappa shape index (κ2) is 10.6. The van der Waals surface area contributed by atoms with Gasteiger partial charge in [-0.1, -0.05) is 23.2 Å². The predicted octanol–water partition coefficient (Wildman–Crippen LogP) is 3.82. The maximum absolute atomic E-state index is 12.7. The first-order chi connectivity index (χ1) is 16.4. The number of aromatic nitrogens is 3. The molecule has 34 heavy (non-hydrogen) atoms. The van der Waals surface area contributed by atoms with Gasteiger partial charge in [-0.15, -0.1) is 0 Å². The van der Waals surface area contributed by atoms with E-state index in [0.717, 1.165) is 17.5 Å². The number of fused-ring (bicyclic) bond motifs is 1. The molecule has 0 aliphatic carbocycles. The Morgan fingerprint density at radius 3 is 2.71 bits per heavy atom. The number of esters is 2. The molecule has 0 bridgehead atoms. The highest BCUT2D eigenvalue weighted by atomic mass is 35.5. The summed E-state index contributed by atoms with van der Waals surface area (Å²) >= 11 is 12.8. The van der Waals surface area contributed by atoms with E-state index in [9.17, 15) is 9.59 Å². The number of hydrogen-bond donors (Lipinski definition) is 0. The number of benzene rings is 1. The highest BCUT2D eigenvalue weighted by molar-refractivity contribution is 6.45. The zero-order chi connectivity index (χ0) is 24.2. The molecule has 3 heterocycles. The fourth-order valence-electron chi connectivity index (χ4n) is 4.26. The molecule has 180 valence electrons. The van der Waals surface area contributed by atoms with Crippen molar-refractivity contribution in [2.75, 3.05) is 32.3 Å². The van der Waals surface area contributed by atoms with Crippen molar-refractivity contribution in [1.82, 2.24) is 14.5 Å². The van der Waals surface area contributed by atoms with Gasteiger partial charge in [-0.2, -0.15) is 0 Å². The SMILES string of the molecule is COC(=O)COCC[C@@H]1CC[C@@H](C(=O)OC)N1c1cc(-n2ccnc2)c2ccc(Cl)c(Cl)c2n1. The van der Waals surface area contributed by atoms with Gasteiger partial charge < -0.3 is 23.7 Å². The van der Waals surface area contributed by atoms with Crippen LogP contribution in [-0.2, 0) is 23.8 Å². The Morgan fingerprint density at radius 2 is 2.00 bits per heavy atom. The smallest absolute Gasteiger partial charge is 0.331 e. The summed E-state index contributed by atoms with van der Waals surface area (Å²) in [5.74, 6) is -0.226. The average Bonchev–Trinajstić information content (AvgIpc) is 3.53. The van der Waals surface area contributed by atoms with Crippen molar-refractivity contribution >= 4 is 51.9 Å². The Hall–Kier alpha value is -2.88. The van der Waals surface area contributed by atoms with E-state index in [-0.39, 0.29) is 18.6 Å². The van der Waals surface area contributed by atoms with Gasteiger partial charge in [-0.25, -0.2) is 19.6 Å². The minimum Gasteiger partial charge on any atom is -0.467 e. The van der Waals surface area contributed by atoms with Crippen LogP contribution in [-0.4, -0.2) is 66.0 Å². The summed E-state index contributed by atoms with van der Waals surface area (Å²) in [5.41, 5.74) is 1.32. The zero-order valence-corrected chi connectivity index (χ0v) is 20.3.